The maximum Gasteiger partial charge on any atom is 0.243 e. The van der Waals surface area contributed by atoms with E-state index < -0.39 is 0 Å². The van der Waals surface area contributed by atoms with E-state index in [0.29, 0.717) is 38.2 Å². The van der Waals surface area contributed by atoms with Gasteiger partial charge in [-0.3, -0.25) is 10.2 Å². The molecule has 0 saturated carbocycles. The number of morpholine rings is 1. The number of nitrogens with zero attached hydrogens (tertiary/aromatic N) is 4. The number of hydrogen-bond donors (Lipinski definition) is 4. The van der Waals surface area contributed by atoms with E-state index >= 15 is 0 Å². The Balaban J connectivity index is 2.00. The Hall–Kier alpha value is -2.20. The first kappa shape index (κ1) is 15.2. The van der Waals surface area contributed by atoms with E-state index in [9.17, 15) is 4.79 Å². The van der Waals surface area contributed by atoms with Crippen LogP contribution in [0.2, 0.25) is 0 Å². The first-order chi connectivity index (χ1) is 10.2. The van der Waals surface area contributed by atoms with Crippen LogP contribution in [0.5, 0.6) is 0 Å². The summed E-state index contributed by atoms with van der Waals surface area (Å²) < 4.78 is 5.30. The number of hydrogen-bond acceptors (Lipinski definition) is 9. The van der Waals surface area contributed by atoms with E-state index in [1.54, 1.807) is 0 Å². The van der Waals surface area contributed by atoms with Gasteiger partial charge in [0.2, 0.25) is 23.8 Å². The highest BCUT2D eigenvalue weighted by Crippen LogP contribution is 2.14. The summed E-state index contributed by atoms with van der Waals surface area (Å²) >= 11 is 0. The van der Waals surface area contributed by atoms with E-state index in [2.05, 4.69) is 31.0 Å². The van der Waals surface area contributed by atoms with Crippen LogP contribution in [0, 0.1) is 0 Å². The number of carbonyl (C=O) groups is 1. The lowest BCUT2D eigenvalue weighted by Crippen LogP contribution is -2.37. The summed E-state index contributed by atoms with van der Waals surface area (Å²) in [5.74, 6) is 6.54. The van der Waals surface area contributed by atoms with Crippen molar-refractivity contribution >= 4 is 23.8 Å². The van der Waals surface area contributed by atoms with Gasteiger partial charge in [0.05, 0.1) is 13.2 Å². The molecule has 0 unspecified atom stereocenters. The molecule has 116 valence electrons. The molecule has 21 heavy (non-hydrogen) atoms. The largest absolute Gasteiger partial charge is 0.378 e. The SMILES string of the molecule is CC(=O)NCCNc1nc(NN)nc(N2CCOCC2)n1. The number of anilines is 3. The molecular formula is C11H20N8O2. The van der Waals surface area contributed by atoms with Gasteiger partial charge in [0.1, 0.15) is 0 Å². The average molecular weight is 296 g/mol. The van der Waals surface area contributed by atoms with Gasteiger partial charge in [-0.05, 0) is 0 Å². The van der Waals surface area contributed by atoms with E-state index in [1.165, 1.54) is 6.92 Å². The van der Waals surface area contributed by atoms with E-state index in [0.717, 1.165) is 13.1 Å². The highest BCUT2D eigenvalue weighted by Gasteiger charge is 2.16. The Morgan fingerprint density at radius 3 is 2.62 bits per heavy atom. The molecule has 1 aromatic heterocycles. The minimum atomic E-state index is -0.0780. The molecule has 1 amide bonds. The van der Waals surface area contributed by atoms with Crippen molar-refractivity contribution in [1.29, 1.82) is 0 Å². The van der Waals surface area contributed by atoms with Gasteiger partial charge < -0.3 is 20.3 Å². The van der Waals surface area contributed by atoms with Crippen molar-refractivity contribution < 1.29 is 9.53 Å². The molecule has 10 heteroatoms. The minimum absolute atomic E-state index is 0.0780. The molecule has 1 aliphatic heterocycles. The molecule has 1 aliphatic rings. The molecule has 0 bridgehead atoms. The minimum Gasteiger partial charge on any atom is -0.378 e. The van der Waals surface area contributed by atoms with Crippen LogP contribution >= 0.6 is 0 Å². The third-order valence-electron chi connectivity index (χ3n) is 2.83. The lowest BCUT2D eigenvalue weighted by Gasteiger charge is -2.27. The highest BCUT2D eigenvalue weighted by molar-refractivity contribution is 5.72. The number of rotatable bonds is 6. The lowest BCUT2D eigenvalue weighted by atomic mass is 10.4. The summed E-state index contributed by atoms with van der Waals surface area (Å²) in [5.41, 5.74) is 2.43. The topological polar surface area (TPSA) is 130 Å². The molecule has 0 atom stereocenters. The Labute approximate surface area is 122 Å². The molecule has 1 aromatic rings. The standard InChI is InChI=1S/C11H20N8O2/c1-8(20)13-2-3-14-9-15-10(18-12)17-11(16-9)19-4-6-21-7-5-19/h2-7,12H2,1H3,(H,13,20)(H2,14,15,16,17,18). The molecule has 0 radical (unpaired) electrons. The summed E-state index contributed by atoms with van der Waals surface area (Å²) in [7, 11) is 0. The Morgan fingerprint density at radius 1 is 1.24 bits per heavy atom. The Bertz CT molecular complexity index is 477. The second kappa shape index (κ2) is 7.55. The van der Waals surface area contributed by atoms with Crippen molar-refractivity contribution in [2.45, 2.75) is 6.92 Å². The summed E-state index contributed by atoms with van der Waals surface area (Å²) in [5, 5.41) is 5.71. The molecule has 2 rings (SSSR count). The Kier molecular flexibility index (Phi) is 5.46. The van der Waals surface area contributed by atoms with Crippen LogP contribution in [0.15, 0.2) is 0 Å². The smallest absolute Gasteiger partial charge is 0.243 e. The number of ether oxygens (including phenoxy) is 1. The van der Waals surface area contributed by atoms with Crippen LogP contribution in [0.25, 0.3) is 0 Å². The van der Waals surface area contributed by atoms with Gasteiger partial charge >= 0.3 is 0 Å². The molecule has 1 saturated heterocycles. The lowest BCUT2D eigenvalue weighted by molar-refractivity contribution is -0.118. The summed E-state index contributed by atoms with van der Waals surface area (Å²) in [6.45, 7) is 5.19. The molecule has 0 spiro atoms. The number of carbonyl (C=O) groups excluding carboxylic acids is 1. The number of nitrogens with one attached hydrogen (secondary N) is 3. The number of nitrogen functional groups attached to an aromatic ring is 1. The molecule has 0 aromatic carbocycles. The second-order valence-electron chi connectivity index (χ2n) is 4.44. The monoisotopic (exact) mass is 296 g/mol. The zero-order valence-corrected chi connectivity index (χ0v) is 11.9. The van der Waals surface area contributed by atoms with Crippen LogP contribution in [0.1, 0.15) is 6.92 Å². The van der Waals surface area contributed by atoms with Gasteiger partial charge in [-0.2, -0.15) is 15.0 Å². The number of nitrogens with two attached hydrogens (primary N) is 1. The van der Waals surface area contributed by atoms with Crippen molar-refractivity contribution in [3.63, 3.8) is 0 Å². The maximum absolute atomic E-state index is 10.8. The van der Waals surface area contributed by atoms with Crippen LogP contribution in [-0.4, -0.2) is 60.3 Å². The zero-order chi connectivity index (χ0) is 15.1. The van der Waals surface area contributed by atoms with Gasteiger partial charge in [0, 0.05) is 33.1 Å². The molecule has 5 N–H and O–H groups in total. The first-order valence-corrected chi connectivity index (χ1v) is 6.72. The number of amides is 1. The third-order valence-corrected chi connectivity index (χ3v) is 2.83. The van der Waals surface area contributed by atoms with Gasteiger partial charge in [0.25, 0.3) is 0 Å². The van der Waals surface area contributed by atoms with E-state index in [-0.39, 0.29) is 11.9 Å². The predicted octanol–water partition coefficient (Wildman–Crippen LogP) is -1.46. The molecule has 10 nitrogen and oxygen atoms in total. The fourth-order valence-electron chi connectivity index (χ4n) is 1.83. The maximum atomic E-state index is 10.8. The summed E-state index contributed by atoms with van der Waals surface area (Å²) in [6.07, 6.45) is 0. The van der Waals surface area contributed by atoms with Crippen molar-refractivity contribution in [2.75, 3.05) is 55.0 Å². The van der Waals surface area contributed by atoms with Crippen LogP contribution < -0.4 is 26.8 Å². The molecule has 1 fully saturated rings. The van der Waals surface area contributed by atoms with Gasteiger partial charge in [-0.25, -0.2) is 5.84 Å². The van der Waals surface area contributed by atoms with Crippen molar-refractivity contribution in [2.24, 2.45) is 5.84 Å². The van der Waals surface area contributed by atoms with Crippen LogP contribution in [-0.2, 0) is 9.53 Å². The first-order valence-electron chi connectivity index (χ1n) is 6.72. The predicted molar refractivity (Wildman–Crippen MR) is 77.8 cm³/mol. The molecule has 0 aliphatic carbocycles. The van der Waals surface area contributed by atoms with E-state index in [4.69, 9.17) is 10.6 Å². The van der Waals surface area contributed by atoms with Crippen LogP contribution in [0.3, 0.4) is 0 Å². The zero-order valence-electron chi connectivity index (χ0n) is 11.9. The third kappa shape index (κ3) is 4.68. The van der Waals surface area contributed by atoms with Crippen LogP contribution in [0.4, 0.5) is 17.8 Å². The Morgan fingerprint density at radius 2 is 1.95 bits per heavy atom. The van der Waals surface area contributed by atoms with Crippen molar-refractivity contribution in [1.82, 2.24) is 20.3 Å². The number of hydrazine groups is 1. The van der Waals surface area contributed by atoms with Gasteiger partial charge in [0.15, 0.2) is 0 Å². The van der Waals surface area contributed by atoms with E-state index in [1.807, 2.05) is 4.90 Å². The second-order valence-corrected chi connectivity index (χ2v) is 4.44. The summed E-state index contributed by atoms with van der Waals surface area (Å²) in [6, 6.07) is 0. The summed E-state index contributed by atoms with van der Waals surface area (Å²) in [4.78, 5) is 25.5. The quantitative estimate of drug-likeness (QED) is 0.282. The normalized spacial score (nSPS) is 14.7. The molecular weight excluding hydrogens is 276 g/mol. The fraction of sp³-hybridized carbons (Fsp3) is 0.636. The fourth-order valence-corrected chi connectivity index (χ4v) is 1.83. The molecule has 2 heterocycles. The average Bonchev–Trinajstić information content (AvgIpc) is 2.52. The van der Waals surface area contributed by atoms with Gasteiger partial charge in [-0.1, -0.05) is 0 Å². The van der Waals surface area contributed by atoms with Gasteiger partial charge in [-0.15, -0.1) is 0 Å². The highest BCUT2D eigenvalue weighted by atomic mass is 16.5. The number of aromatic nitrogens is 3. The van der Waals surface area contributed by atoms with Crippen molar-refractivity contribution in [3.8, 4) is 0 Å². The van der Waals surface area contributed by atoms with Crippen molar-refractivity contribution in [3.05, 3.63) is 0 Å².